The molecule has 0 saturated carbocycles. The Morgan fingerprint density at radius 2 is 2.35 bits per heavy atom. The van der Waals surface area contributed by atoms with Gasteiger partial charge in [0, 0.05) is 19.7 Å². The van der Waals surface area contributed by atoms with Gasteiger partial charge in [-0.3, -0.25) is 4.68 Å². The lowest BCUT2D eigenvalue weighted by atomic mass is 9.93. The van der Waals surface area contributed by atoms with Crippen LogP contribution in [0.3, 0.4) is 0 Å². The zero-order chi connectivity index (χ0) is 11.9. The van der Waals surface area contributed by atoms with Crippen LogP contribution in [-0.4, -0.2) is 37.8 Å². The molecule has 0 radical (unpaired) electrons. The maximum absolute atomic E-state index is 5.36. The van der Waals surface area contributed by atoms with E-state index >= 15 is 0 Å². The number of ether oxygens (including phenoxy) is 1. The summed E-state index contributed by atoms with van der Waals surface area (Å²) in [6.07, 6.45) is 6.24. The summed E-state index contributed by atoms with van der Waals surface area (Å²) < 4.78 is 10.2. The molecule has 0 bridgehead atoms. The smallest absolute Gasteiger partial charge is 0.135 e. The van der Waals surface area contributed by atoms with Crippen LogP contribution in [0.4, 0.5) is 0 Å². The maximum atomic E-state index is 5.36. The van der Waals surface area contributed by atoms with Gasteiger partial charge in [-0.1, -0.05) is 0 Å². The summed E-state index contributed by atoms with van der Waals surface area (Å²) in [7, 11) is 1.95. The van der Waals surface area contributed by atoms with E-state index in [4.69, 9.17) is 4.74 Å². The number of halogens is 1. The molecule has 0 aliphatic carbocycles. The van der Waals surface area contributed by atoms with Crippen molar-refractivity contribution < 1.29 is 4.74 Å². The van der Waals surface area contributed by atoms with Gasteiger partial charge in [0.25, 0.3) is 0 Å². The van der Waals surface area contributed by atoms with Crippen molar-refractivity contribution in [2.75, 3.05) is 13.2 Å². The van der Waals surface area contributed by atoms with E-state index in [0.717, 1.165) is 16.7 Å². The molecule has 0 aromatic carbocycles. The van der Waals surface area contributed by atoms with Crippen molar-refractivity contribution >= 4 is 15.9 Å². The predicted octanol–water partition coefficient (Wildman–Crippen LogP) is 0.742. The molecular formula is C10H12BrN5O. The summed E-state index contributed by atoms with van der Waals surface area (Å²) in [6, 6.07) is 0. The fourth-order valence-electron chi connectivity index (χ4n) is 1.97. The molecule has 3 heterocycles. The van der Waals surface area contributed by atoms with Gasteiger partial charge < -0.3 is 9.30 Å². The molecule has 6 nitrogen and oxygen atoms in total. The molecule has 1 aliphatic rings. The normalized spacial score (nSPS) is 18.0. The number of aryl methyl sites for hydroxylation is 1. The monoisotopic (exact) mass is 297 g/mol. The second-order valence-electron chi connectivity index (χ2n) is 4.36. The van der Waals surface area contributed by atoms with E-state index in [2.05, 4.69) is 31.2 Å². The molecule has 1 saturated heterocycles. The Morgan fingerprint density at radius 3 is 2.82 bits per heavy atom. The molecule has 2 aromatic heterocycles. The molecule has 2 aromatic rings. The van der Waals surface area contributed by atoms with Gasteiger partial charge in [0.15, 0.2) is 0 Å². The first kappa shape index (κ1) is 10.9. The average Bonchev–Trinajstić information content (AvgIpc) is 2.82. The van der Waals surface area contributed by atoms with Crippen molar-refractivity contribution in [2.24, 2.45) is 7.05 Å². The molecule has 17 heavy (non-hydrogen) atoms. The quantitative estimate of drug-likeness (QED) is 0.839. The summed E-state index contributed by atoms with van der Waals surface area (Å²) >= 11 is 3.41. The van der Waals surface area contributed by atoms with Crippen LogP contribution < -0.4 is 0 Å². The minimum atomic E-state index is -0.118. The zero-order valence-electron chi connectivity index (χ0n) is 9.38. The molecule has 1 fully saturated rings. The highest BCUT2D eigenvalue weighted by Crippen LogP contribution is 2.30. The van der Waals surface area contributed by atoms with Crippen LogP contribution in [-0.2, 0) is 23.7 Å². The van der Waals surface area contributed by atoms with Crippen molar-refractivity contribution in [2.45, 2.75) is 12.0 Å². The average molecular weight is 298 g/mol. The Bertz CT molecular complexity index is 530. The van der Waals surface area contributed by atoms with Crippen LogP contribution >= 0.6 is 15.9 Å². The molecular weight excluding hydrogens is 286 g/mol. The van der Waals surface area contributed by atoms with Gasteiger partial charge in [-0.2, -0.15) is 5.10 Å². The van der Waals surface area contributed by atoms with Gasteiger partial charge in [-0.15, -0.1) is 10.2 Å². The largest absolute Gasteiger partial charge is 0.376 e. The molecule has 0 spiro atoms. The van der Waals surface area contributed by atoms with Gasteiger partial charge >= 0.3 is 0 Å². The van der Waals surface area contributed by atoms with Crippen molar-refractivity contribution in [3.63, 3.8) is 0 Å². The summed E-state index contributed by atoms with van der Waals surface area (Å²) in [5.41, 5.74) is -0.118. The summed E-state index contributed by atoms with van der Waals surface area (Å²) in [5.74, 6) is 0.944. The first-order valence-electron chi connectivity index (χ1n) is 5.31. The standard InChI is InChI=1S/C10H12BrN5O/c1-15-7-12-14-9(15)2-10(5-17-6-10)16-4-8(11)3-13-16/h3-4,7H,2,5-6H2,1H3. The van der Waals surface area contributed by atoms with Gasteiger partial charge in [0.05, 0.1) is 23.9 Å². The highest BCUT2D eigenvalue weighted by atomic mass is 79.9. The Balaban J connectivity index is 1.90. The molecule has 7 heteroatoms. The van der Waals surface area contributed by atoms with E-state index in [0.29, 0.717) is 13.2 Å². The van der Waals surface area contributed by atoms with Crippen LogP contribution in [0.2, 0.25) is 0 Å². The van der Waals surface area contributed by atoms with E-state index in [9.17, 15) is 0 Å². The SMILES string of the molecule is Cn1cnnc1CC1(n2cc(Br)cn2)COC1. The molecule has 0 unspecified atom stereocenters. The topological polar surface area (TPSA) is 57.8 Å². The minimum absolute atomic E-state index is 0.118. The number of aromatic nitrogens is 5. The number of hydrogen-bond donors (Lipinski definition) is 0. The fraction of sp³-hybridized carbons (Fsp3) is 0.500. The van der Waals surface area contributed by atoms with Crippen LogP contribution in [0.25, 0.3) is 0 Å². The van der Waals surface area contributed by atoms with Crippen LogP contribution in [0.5, 0.6) is 0 Å². The van der Waals surface area contributed by atoms with Gasteiger partial charge in [-0.25, -0.2) is 0 Å². The highest BCUT2D eigenvalue weighted by molar-refractivity contribution is 9.10. The lowest BCUT2D eigenvalue weighted by molar-refractivity contribution is -0.108. The van der Waals surface area contributed by atoms with E-state index in [1.54, 1.807) is 12.5 Å². The summed E-state index contributed by atoms with van der Waals surface area (Å²) in [6.45, 7) is 1.32. The van der Waals surface area contributed by atoms with Gasteiger partial charge in [-0.05, 0) is 15.9 Å². The Hall–Kier alpha value is -1.21. The zero-order valence-corrected chi connectivity index (χ0v) is 11.0. The summed E-state index contributed by atoms with van der Waals surface area (Å²) in [4.78, 5) is 0. The second-order valence-corrected chi connectivity index (χ2v) is 5.27. The van der Waals surface area contributed by atoms with Crippen molar-refractivity contribution in [1.29, 1.82) is 0 Å². The third-order valence-corrected chi connectivity index (χ3v) is 3.48. The Labute approximate surface area is 107 Å². The van der Waals surface area contributed by atoms with E-state index in [1.807, 2.05) is 22.5 Å². The molecule has 0 atom stereocenters. The fourth-order valence-corrected chi connectivity index (χ4v) is 2.26. The van der Waals surface area contributed by atoms with Crippen LogP contribution in [0.15, 0.2) is 23.2 Å². The summed E-state index contributed by atoms with van der Waals surface area (Å²) in [5, 5.41) is 12.4. The molecule has 0 amide bonds. The molecule has 3 rings (SSSR count). The van der Waals surface area contributed by atoms with Crippen molar-refractivity contribution in [3.05, 3.63) is 29.0 Å². The van der Waals surface area contributed by atoms with Crippen LogP contribution in [0.1, 0.15) is 5.82 Å². The maximum Gasteiger partial charge on any atom is 0.135 e. The first-order chi connectivity index (χ1) is 8.20. The van der Waals surface area contributed by atoms with E-state index < -0.39 is 0 Å². The predicted molar refractivity (Wildman–Crippen MR) is 63.4 cm³/mol. The number of nitrogens with zero attached hydrogens (tertiary/aromatic N) is 5. The van der Waals surface area contributed by atoms with Crippen molar-refractivity contribution in [1.82, 2.24) is 24.5 Å². The molecule has 1 aliphatic heterocycles. The van der Waals surface area contributed by atoms with Gasteiger partial charge in [0.2, 0.25) is 0 Å². The molecule has 90 valence electrons. The van der Waals surface area contributed by atoms with Crippen molar-refractivity contribution in [3.8, 4) is 0 Å². The number of rotatable bonds is 3. The third kappa shape index (κ3) is 1.79. The Morgan fingerprint density at radius 1 is 1.53 bits per heavy atom. The van der Waals surface area contributed by atoms with E-state index in [-0.39, 0.29) is 5.54 Å². The number of hydrogen-bond acceptors (Lipinski definition) is 4. The first-order valence-corrected chi connectivity index (χ1v) is 6.10. The lowest BCUT2D eigenvalue weighted by Gasteiger charge is -2.41. The molecule has 0 N–H and O–H groups in total. The third-order valence-electron chi connectivity index (χ3n) is 3.07. The van der Waals surface area contributed by atoms with Crippen LogP contribution in [0, 0.1) is 0 Å². The Kier molecular flexibility index (Phi) is 2.52. The highest BCUT2D eigenvalue weighted by Gasteiger charge is 2.42. The second kappa shape index (κ2) is 3.92. The lowest BCUT2D eigenvalue weighted by Crippen LogP contribution is -2.54. The van der Waals surface area contributed by atoms with Gasteiger partial charge in [0.1, 0.15) is 17.7 Å². The van der Waals surface area contributed by atoms with E-state index in [1.165, 1.54) is 0 Å². The minimum Gasteiger partial charge on any atom is -0.376 e.